The molecule has 0 radical (unpaired) electrons. The van der Waals surface area contributed by atoms with Crippen LogP contribution in [-0.2, 0) is 16.1 Å². The van der Waals surface area contributed by atoms with Crippen LogP contribution in [0.1, 0.15) is 17.8 Å². The maximum Gasteiger partial charge on any atom is 0.226 e. The van der Waals surface area contributed by atoms with E-state index in [4.69, 9.17) is 4.74 Å². The second kappa shape index (κ2) is 8.21. The van der Waals surface area contributed by atoms with E-state index in [1.54, 1.807) is 18.5 Å². The zero-order chi connectivity index (χ0) is 17.5. The van der Waals surface area contributed by atoms with E-state index in [0.29, 0.717) is 24.7 Å². The molecule has 0 aliphatic carbocycles. The molecule has 6 nitrogen and oxygen atoms in total. The Labute approximate surface area is 146 Å². The zero-order valence-electron chi connectivity index (χ0n) is 14.1. The summed E-state index contributed by atoms with van der Waals surface area (Å²) in [6, 6.07) is 13.5. The molecular weight excluding hydrogens is 316 g/mol. The van der Waals surface area contributed by atoms with E-state index in [-0.39, 0.29) is 12.3 Å². The molecule has 1 N–H and O–H groups in total. The minimum Gasteiger partial charge on any atom is -0.376 e. The Morgan fingerprint density at radius 1 is 1.12 bits per heavy atom. The lowest BCUT2D eigenvalue weighted by Crippen LogP contribution is -2.16. The second-order valence-electron chi connectivity index (χ2n) is 5.56. The van der Waals surface area contributed by atoms with Crippen LogP contribution in [0.4, 0.5) is 5.69 Å². The molecule has 0 unspecified atom stereocenters. The third kappa shape index (κ3) is 4.51. The van der Waals surface area contributed by atoms with Gasteiger partial charge in [-0.1, -0.05) is 30.3 Å². The quantitative estimate of drug-likeness (QED) is 0.673. The number of hydrogen-bond acceptors (Lipinski definition) is 4. The largest absolute Gasteiger partial charge is 0.376 e. The van der Waals surface area contributed by atoms with Gasteiger partial charge < -0.3 is 10.1 Å². The van der Waals surface area contributed by atoms with Gasteiger partial charge in [-0.15, -0.1) is 0 Å². The SMILES string of the molecule is Cc1nccn1-c1ncccc1NC(=O)CCOCc1ccccc1. The van der Waals surface area contributed by atoms with Crippen LogP contribution in [0.5, 0.6) is 0 Å². The highest BCUT2D eigenvalue weighted by atomic mass is 16.5. The van der Waals surface area contributed by atoms with E-state index in [9.17, 15) is 4.79 Å². The number of hydrogen-bond donors (Lipinski definition) is 1. The van der Waals surface area contributed by atoms with E-state index in [1.807, 2.05) is 54.1 Å². The van der Waals surface area contributed by atoms with Crippen molar-refractivity contribution in [2.45, 2.75) is 20.0 Å². The lowest BCUT2D eigenvalue weighted by molar-refractivity contribution is -0.117. The normalized spacial score (nSPS) is 10.6. The first-order valence-electron chi connectivity index (χ1n) is 8.11. The Hall–Kier alpha value is -2.99. The molecule has 0 aliphatic heterocycles. The molecule has 6 heteroatoms. The van der Waals surface area contributed by atoms with Crippen molar-refractivity contribution in [2.75, 3.05) is 11.9 Å². The lowest BCUT2D eigenvalue weighted by atomic mass is 10.2. The first kappa shape index (κ1) is 16.9. The van der Waals surface area contributed by atoms with Crippen LogP contribution < -0.4 is 5.32 Å². The van der Waals surface area contributed by atoms with Gasteiger partial charge in [0, 0.05) is 18.6 Å². The summed E-state index contributed by atoms with van der Waals surface area (Å²) >= 11 is 0. The predicted molar refractivity (Wildman–Crippen MR) is 95.4 cm³/mol. The molecule has 2 aromatic heterocycles. The van der Waals surface area contributed by atoms with Crippen molar-refractivity contribution in [3.63, 3.8) is 0 Å². The number of amides is 1. The molecule has 0 fully saturated rings. The van der Waals surface area contributed by atoms with Crippen LogP contribution in [0, 0.1) is 6.92 Å². The number of anilines is 1. The van der Waals surface area contributed by atoms with Crippen molar-refractivity contribution in [1.82, 2.24) is 14.5 Å². The Bertz CT molecular complexity index is 830. The maximum atomic E-state index is 12.2. The van der Waals surface area contributed by atoms with Gasteiger partial charge >= 0.3 is 0 Å². The van der Waals surface area contributed by atoms with Crippen molar-refractivity contribution >= 4 is 11.6 Å². The minimum atomic E-state index is -0.111. The number of aryl methyl sites for hydroxylation is 1. The van der Waals surface area contributed by atoms with E-state index < -0.39 is 0 Å². The summed E-state index contributed by atoms with van der Waals surface area (Å²) in [4.78, 5) is 20.7. The molecule has 0 spiro atoms. The smallest absolute Gasteiger partial charge is 0.226 e. The molecule has 128 valence electrons. The number of pyridine rings is 1. The third-order valence-corrected chi connectivity index (χ3v) is 3.70. The van der Waals surface area contributed by atoms with E-state index in [2.05, 4.69) is 15.3 Å². The standard InChI is InChI=1S/C19H20N4O2/c1-15-20-11-12-23(15)19-17(8-5-10-21-19)22-18(24)9-13-25-14-16-6-3-2-4-7-16/h2-8,10-12H,9,13-14H2,1H3,(H,22,24). The molecular formula is C19H20N4O2. The van der Waals surface area contributed by atoms with Crippen LogP contribution in [0.15, 0.2) is 61.1 Å². The zero-order valence-corrected chi connectivity index (χ0v) is 14.1. The number of benzene rings is 1. The fourth-order valence-electron chi connectivity index (χ4n) is 2.43. The van der Waals surface area contributed by atoms with Crippen molar-refractivity contribution < 1.29 is 9.53 Å². The van der Waals surface area contributed by atoms with Gasteiger partial charge in [-0.05, 0) is 24.6 Å². The van der Waals surface area contributed by atoms with Gasteiger partial charge in [0.15, 0.2) is 5.82 Å². The van der Waals surface area contributed by atoms with Crippen LogP contribution >= 0.6 is 0 Å². The highest BCUT2D eigenvalue weighted by molar-refractivity contribution is 5.92. The highest BCUT2D eigenvalue weighted by Crippen LogP contribution is 2.18. The fraction of sp³-hybridized carbons (Fsp3) is 0.211. The van der Waals surface area contributed by atoms with E-state index in [0.717, 1.165) is 11.4 Å². The van der Waals surface area contributed by atoms with Crippen molar-refractivity contribution in [3.05, 3.63) is 72.4 Å². The van der Waals surface area contributed by atoms with Crippen LogP contribution in [0.25, 0.3) is 5.82 Å². The number of aromatic nitrogens is 3. The third-order valence-electron chi connectivity index (χ3n) is 3.70. The number of imidazole rings is 1. The van der Waals surface area contributed by atoms with Gasteiger partial charge in [-0.2, -0.15) is 0 Å². The van der Waals surface area contributed by atoms with Crippen LogP contribution in [-0.4, -0.2) is 27.0 Å². The number of carbonyl (C=O) groups is 1. The highest BCUT2D eigenvalue weighted by Gasteiger charge is 2.11. The summed E-state index contributed by atoms with van der Waals surface area (Å²) < 4.78 is 7.39. The summed E-state index contributed by atoms with van der Waals surface area (Å²) in [6.45, 7) is 2.75. The average Bonchev–Trinajstić information content (AvgIpc) is 3.06. The predicted octanol–water partition coefficient (Wildman–Crippen LogP) is 3.12. The Balaban J connectivity index is 1.54. The fourth-order valence-corrected chi connectivity index (χ4v) is 2.43. The van der Waals surface area contributed by atoms with Crippen molar-refractivity contribution in [3.8, 4) is 5.82 Å². The van der Waals surface area contributed by atoms with Gasteiger partial charge in [0.25, 0.3) is 0 Å². The second-order valence-corrected chi connectivity index (χ2v) is 5.56. The number of ether oxygens (including phenoxy) is 1. The van der Waals surface area contributed by atoms with Gasteiger partial charge in [0.05, 0.1) is 25.3 Å². The summed E-state index contributed by atoms with van der Waals surface area (Å²) in [7, 11) is 0. The number of nitrogens with zero attached hydrogens (tertiary/aromatic N) is 3. The topological polar surface area (TPSA) is 69.0 Å². The monoisotopic (exact) mass is 336 g/mol. The molecule has 3 rings (SSSR count). The van der Waals surface area contributed by atoms with Gasteiger partial charge in [0.2, 0.25) is 5.91 Å². The van der Waals surface area contributed by atoms with E-state index >= 15 is 0 Å². The Morgan fingerprint density at radius 3 is 2.72 bits per heavy atom. The molecule has 3 aromatic rings. The molecule has 0 atom stereocenters. The van der Waals surface area contributed by atoms with Crippen LogP contribution in [0.2, 0.25) is 0 Å². The summed E-state index contributed by atoms with van der Waals surface area (Å²) in [5.74, 6) is 1.34. The summed E-state index contributed by atoms with van der Waals surface area (Å²) in [5.41, 5.74) is 1.74. The first-order chi connectivity index (χ1) is 12.2. The van der Waals surface area contributed by atoms with Crippen molar-refractivity contribution in [1.29, 1.82) is 0 Å². The van der Waals surface area contributed by atoms with Gasteiger partial charge in [-0.3, -0.25) is 9.36 Å². The molecule has 25 heavy (non-hydrogen) atoms. The van der Waals surface area contributed by atoms with Crippen LogP contribution in [0.3, 0.4) is 0 Å². The number of nitrogens with one attached hydrogen (secondary N) is 1. The van der Waals surface area contributed by atoms with Crippen molar-refractivity contribution in [2.24, 2.45) is 0 Å². The summed E-state index contributed by atoms with van der Waals surface area (Å²) in [5, 5.41) is 2.89. The number of rotatable bonds is 7. The maximum absolute atomic E-state index is 12.2. The Morgan fingerprint density at radius 2 is 1.96 bits per heavy atom. The average molecular weight is 336 g/mol. The molecule has 1 aromatic carbocycles. The lowest BCUT2D eigenvalue weighted by Gasteiger charge is -2.12. The minimum absolute atomic E-state index is 0.111. The molecule has 2 heterocycles. The molecule has 1 amide bonds. The first-order valence-corrected chi connectivity index (χ1v) is 8.11. The Kier molecular flexibility index (Phi) is 5.53. The summed E-state index contributed by atoms with van der Waals surface area (Å²) in [6.07, 6.45) is 5.49. The number of carbonyl (C=O) groups excluding carboxylic acids is 1. The molecule has 0 saturated heterocycles. The molecule has 0 aliphatic rings. The molecule has 0 bridgehead atoms. The van der Waals surface area contributed by atoms with Gasteiger partial charge in [0.1, 0.15) is 5.82 Å². The van der Waals surface area contributed by atoms with E-state index in [1.165, 1.54) is 0 Å². The molecule has 0 saturated carbocycles. The van der Waals surface area contributed by atoms with Gasteiger partial charge in [-0.25, -0.2) is 9.97 Å².